The van der Waals surface area contributed by atoms with E-state index in [4.69, 9.17) is 10.00 Å². The zero-order chi connectivity index (χ0) is 13.2. The molecule has 0 saturated carbocycles. The first kappa shape index (κ1) is 14.2. The van der Waals surface area contributed by atoms with Crippen LogP contribution >= 0.6 is 0 Å². The quantitative estimate of drug-likeness (QED) is 0.545. The molecule has 0 amide bonds. The Labute approximate surface area is 108 Å². The third-order valence-electron chi connectivity index (χ3n) is 2.74. The van der Waals surface area contributed by atoms with E-state index in [0.717, 1.165) is 18.4 Å². The molecule has 0 radical (unpaired) electrons. The zero-order valence-electron chi connectivity index (χ0n) is 10.8. The van der Waals surface area contributed by atoms with Crippen LogP contribution < -0.4 is 0 Å². The molecule has 0 aromatic heterocycles. The second-order valence-corrected chi connectivity index (χ2v) is 4.19. The summed E-state index contributed by atoms with van der Waals surface area (Å²) in [5.74, 6) is -0.322. The Morgan fingerprint density at radius 3 is 2.78 bits per heavy atom. The lowest BCUT2D eigenvalue weighted by atomic mass is 10.1. The first-order valence-corrected chi connectivity index (χ1v) is 6.41. The SMILES string of the molecule is CCCCCCOC(=O)c1ccccc1CC#N. The van der Waals surface area contributed by atoms with Gasteiger partial charge in [-0.25, -0.2) is 4.79 Å². The van der Waals surface area contributed by atoms with Gasteiger partial charge in [0.15, 0.2) is 0 Å². The topological polar surface area (TPSA) is 50.1 Å². The molecule has 1 aromatic rings. The number of carbonyl (C=O) groups excluding carboxylic acids is 1. The van der Waals surface area contributed by atoms with Crippen LogP contribution in [0, 0.1) is 11.3 Å². The third-order valence-corrected chi connectivity index (χ3v) is 2.74. The highest BCUT2D eigenvalue weighted by Crippen LogP contribution is 2.11. The third kappa shape index (κ3) is 4.58. The summed E-state index contributed by atoms with van der Waals surface area (Å²) in [6.07, 6.45) is 4.56. The van der Waals surface area contributed by atoms with Crippen LogP contribution in [0.4, 0.5) is 0 Å². The van der Waals surface area contributed by atoms with E-state index >= 15 is 0 Å². The normalized spacial score (nSPS) is 9.78. The van der Waals surface area contributed by atoms with Crippen LogP contribution in [0.3, 0.4) is 0 Å². The highest BCUT2D eigenvalue weighted by atomic mass is 16.5. The molecular formula is C15H19NO2. The van der Waals surface area contributed by atoms with Crippen molar-refractivity contribution < 1.29 is 9.53 Å². The first-order valence-electron chi connectivity index (χ1n) is 6.41. The fraction of sp³-hybridized carbons (Fsp3) is 0.467. The lowest BCUT2D eigenvalue weighted by Gasteiger charge is -2.07. The van der Waals surface area contributed by atoms with Gasteiger partial charge in [0.1, 0.15) is 0 Å². The highest BCUT2D eigenvalue weighted by molar-refractivity contribution is 5.91. The van der Waals surface area contributed by atoms with E-state index in [1.807, 2.05) is 6.07 Å². The van der Waals surface area contributed by atoms with Crippen molar-refractivity contribution in [3.63, 3.8) is 0 Å². The van der Waals surface area contributed by atoms with Crippen molar-refractivity contribution in [1.82, 2.24) is 0 Å². The molecule has 0 bridgehead atoms. The lowest BCUT2D eigenvalue weighted by Crippen LogP contribution is -2.09. The summed E-state index contributed by atoms with van der Waals surface area (Å²) in [7, 11) is 0. The van der Waals surface area contributed by atoms with Crippen molar-refractivity contribution >= 4 is 5.97 Å². The van der Waals surface area contributed by atoms with Gasteiger partial charge in [-0.3, -0.25) is 0 Å². The average Bonchev–Trinajstić information content (AvgIpc) is 2.39. The molecule has 18 heavy (non-hydrogen) atoms. The van der Waals surface area contributed by atoms with Gasteiger partial charge >= 0.3 is 5.97 Å². The van der Waals surface area contributed by atoms with Gasteiger partial charge in [0.25, 0.3) is 0 Å². The summed E-state index contributed by atoms with van der Waals surface area (Å²) in [5, 5.41) is 8.70. The van der Waals surface area contributed by atoms with Crippen LogP contribution in [0.5, 0.6) is 0 Å². The predicted octanol–water partition coefficient (Wildman–Crippen LogP) is 3.49. The van der Waals surface area contributed by atoms with Gasteiger partial charge in [0.2, 0.25) is 0 Å². The molecule has 0 aliphatic rings. The van der Waals surface area contributed by atoms with E-state index in [1.54, 1.807) is 18.2 Å². The van der Waals surface area contributed by atoms with E-state index in [0.29, 0.717) is 12.2 Å². The van der Waals surface area contributed by atoms with Crippen LogP contribution in [0.1, 0.15) is 48.5 Å². The molecule has 0 saturated heterocycles. The Morgan fingerprint density at radius 1 is 1.28 bits per heavy atom. The van der Waals surface area contributed by atoms with Gasteiger partial charge in [-0.2, -0.15) is 5.26 Å². The van der Waals surface area contributed by atoms with Crippen molar-refractivity contribution in [2.24, 2.45) is 0 Å². The van der Waals surface area contributed by atoms with Crippen molar-refractivity contribution in [2.45, 2.75) is 39.0 Å². The molecule has 0 aliphatic heterocycles. The molecule has 0 aliphatic carbocycles. The summed E-state index contributed by atoms with van der Waals surface area (Å²) in [4.78, 5) is 11.8. The fourth-order valence-electron chi connectivity index (χ4n) is 1.73. The Bertz CT molecular complexity index is 421. The summed E-state index contributed by atoms with van der Waals surface area (Å²) < 4.78 is 5.21. The maximum absolute atomic E-state index is 11.8. The van der Waals surface area contributed by atoms with E-state index in [1.165, 1.54) is 12.8 Å². The van der Waals surface area contributed by atoms with E-state index in [2.05, 4.69) is 13.0 Å². The monoisotopic (exact) mass is 245 g/mol. The number of nitrogens with zero attached hydrogens (tertiary/aromatic N) is 1. The molecule has 0 heterocycles. The number of benzene rings is 1. The van der Waals surface area contributed by atoms with Crippen LogP contribution in [0.2, 0.25) is 0 Å². The minimum Gasteiger partial charge on any atom is -0.462 e. The standard InChI is InChI=1S/C15H19NO2/c1-2-3-4-7-12-18-15(17)14-9-6-5-8-13(14)10-11-16/h5-6,8-9H,2-4,7,10,12H2,1H3. The van der Waals surface area contributed by atoms with Gasteiger partial charge in [0, 0.05) is 0 Å². The molecule has 0 atom stereocenters. The fourth-order valence-corrected chi connectivity index (χ4v) is 1.73. The van der Waals surface area contributed by atoms with E-state index < -0.39 is 0 Å². The zero-order valence-corrected chi connectivity index (χ0v) is 10.8. The van der Waals surface area contributed by atoms with Crippen molar-refractivity contribution in [3.8, 4) is 6.07 Å². The molecule has 0 spiro atoms. The molecule has 1 rings (SSSR count). The first-order chi connectivity index (χ1) is 8.79. The minimum absolute atomic E-state index is 0.237. The van der Waals surface area contributed by atoms with Crippen LogP contribution in [-0.2, 0) is 11.2 Å². The van der Waals surface area contributed by atoms with Crippen LogP contribution in [0.15, 0.2) is 24.3 Å². The number of ether oxygens (including phenoxy) is 1. The maximum Gasteiger partial charge on any atom is 0.338 e. The number of hydrogen-bond acceptors (Lipinski definition) is 3. The molecule has 0 unspecified atom stereocenters. The van der Waals surface area contributed by atoms with Gasteiger partial charge in [-0.1, -0.05) is 44.4 Å². The van der Waals surface area contributed by atoms with Crippen molar-refractivity contribution in [2.75, 3.05) is 6.61 Å². The van der Waals surface area contributed by atoms with Gasteiger partial charge in [0.05, 0.1) is 24.7 Å². The Morgan fingerprint density at radius 2 is 2.06 bits per heavy atom. The molecule has 96 valence electrons. The summed E-state index contributed by atoms with van der Waals surface area (Å²) >= 11 is 0. The number of carbonyl (C=O) groups is 1. The van der Waals surface area contributed by atoms with Gasteiger partial charge in [-0.15, -0.1) is 0 Å². The van der Waals surface area contributed by atoms with E-state index in [-0.39, 0.29) is 12.4 Å². The second-order valence-electron chi connectivity index (χ2n) is 4.19. The number of hydrogen-bond donors (Lipinski definition) is 0. The number of rotatable bonds is 7. The predicted molar refractivity (Wildman–Crippen MR) is 70.2 cm³/mol. The largest absolute Gasteiger partial charge is 0.462 e. The molecule has 0 N–H and O–H groups in total. The molecule has 3 nitrogen and oxygen atoms in total. The molecule has 0 fully saturated rings. The van der Waals surface area contributed by atoms with Crippen molar-refractivity contribution in [1.29, 1.82) is 5.26 Å². The van der Waals surface area contributed by atoms with Gasteiger partial charge < -0.3 is 4.74 Å². The lowest BCUT2D eigenvalue weighted by molar-refractivity contribution is 0.0497. The number of nitriles is 1. The molecule has 1 aromatic carbocycles. The number of unbranched alkanes of at least 4 members (excludes halogenated alkanes) is 3. The smallest absolute Gasteiger partial charge is 0.338 e. The van der Waals surface area contributed by atoms with E-state index in [9.17, 15) is 4.79 Å². The number of esters is 1. The van der Waals surface area contributed by atoms with Crippen LogP contribution in [0.25, 0.3) is 0 Å². The highest BCUT2D eigenvalue weighted by Gasteiger charge is 2.11. The summed E-state index contributed by atoms with van der Waals surface area (Å²) in [6, 6.07) is 9.16. The minimum atomic E-state index is -0.322. The summed E-state index contributed by atoms with van der Waals surface area (Å²) in [5.41, 5.74) is 1.24. The Balaban J connectivity index is 2.48. The average molecular weight is 245 g/mol. The van der Waals surface area contributed by atoms with Crippen molar-refractivity contribution in [3.05, 3.63) is 35.4 Å². The van der Waals surface area contributed by atoms with Crippen LogP contribution in [-0.4, -0.2) is 12.6 Å². The Kier molecular flexibility index (Phi) is 6.56. The molecular weight excluding hydrogens is 226 g/mol. The Hall–Kier alpha value is -1.82. The second kappa shape index (κ2) is 8.30. The van der Waals surface area contributed by atoms with Gasteiger partial charge in [-0.05, 0) is 18.1 Å². The molecule has 3 heteroatoms. The summed E-state index contributed by atoms with van der Waals surface area (Å²) in [6.45, 7) is 2.60. The maximum atomic E-state index is 11.8.